The summed E-state index contributed by atoms with van der Waals surface area (Å²) in [6.45, 7) is 10.5. The molecule has 3 aromatic carbocycles. The van der Waals surface area contributed by atoms with Crippen molar-refractivity contribution in [2.45, 2.75) is 51.6 Å². The number of benzene rings is 3. The number of aliphatic imine (C=N–C) groups is 1. The fraction of sp³-hybridized carbons (Fsp3) is 0.455. The molecule has 3 aliphatic rings. The maximum absolute atomic E-state index is 13.1. The highest BCUT2D eigenvalue weighted by Gasteiger charge is 2.31. The molecule has 39 heavy (non-hydrogen) atoms. The van der Waals surface area contributed by atoms with E-state index in [-0.39, 0.29) is 11.9 Å². The van der Waals surface area contributed by atoms with Crippen LogP contribution in [0.25, 0.3) is 10.8 Å². The van der Waals surface area contributed by atoms with Gasteiger partial charge in [-0.1, -0.05) is 30.3 Å². The summed E-state index contributed by atoms with van der Waals surface area (Å²) >= 11 is 0. The molecule has 0 saturated carbocycles. The Hall–Kier alpha value is -3.22. The number of ether oxygens (including phenoxy) is 1. The van der Waals surface area contributed by atoms with E-state index in [1.165, 1.54) is 24.9 Å². The van der Waals surface area contributed by atoms with E-state index in [1.54, 1.807) is 0 Å². The van der Waals surface area contributed by atoms with Crippen LogP contribution in [0.1, 0.15) is 53.6 Å². The van der Waals surface area contributed by atoms with Crippen LogP contribution in [-0.2, 0) is 6.54 Å². The number of nitrogens with zero attached hydrogens (tertiary/aromatic N) is 4. The van der Waals surface area contributed by atoms with Crippen LogP contribution in [0.2, 0.25) is 0 Å². The van der Waals surface area contributed by atoms with Gasteiger partial charge in [0.1, 0.15) is 5.75 Å². The highest BCUT2D eigenvalue weighted by molar-refractivity contribution is 6.06. The maximum Gasteiger partial charge on any atom is 0.256 e. The van der Waals surface area contributed by atoms with Crippen LogP contribution in [0.3, 0.4) is 0 Å². The summed E-state index contributed by atoms with van der Waals surface area (Å²) in [7, 11) is 0. The van der Waals surface area contributed by atoms with Gasteiger partial charge in [-0.05, 0) is 91.7 Å². The van der Waals surface area contributed by atoms with Crippen LogP contribution in [0.15, 0.2) is 59.6 Å². The first-order valence-electron chi connectivity index (χ1n) is 14.7. The third kappa shape index (κ3) is 6.02. The monoisotopic (exact) mass is 524 g/mol. The standard InChI is InChI=1S/C33H40N4O2/c1-25-19-27-20-30-31(34-23-29-11-8-13-37(29)33(30)38)21-28(27)22-32(25)39-18-7-3-6-12-35-14-16-36(17-15-35)24-26-9-4-2-5-10-26/h2,4-5,9-10,19-23,29H,3,6-8,11-18,24H2,1H3/t29-/m0/s1. The Morgan fingerprint density at radius 1 is 0.897 bits per heavy atom. The summed E-state index contributed by atoms with van der Waals surface area (Å²) in [6.07, 6.45) is 7.47. The summed E-state index contributed by atoms with van der Waals surface area (Å²) < 4.78 is 6.22. The van der Waals surface area contributed by atoms with E-state index in [0.717, 1.165) is 92.9 Å². The lowest BCUT2D eigenvalue weighted by atomic mass is 10.0. The van der Waals surface area contributed by atoms with Crippen molar-refractivity contribution in [3.05, 3.63) is 71.3 Å². The number of rotatable bonds is 9. The average molecular weight is 525 g/mol. The summed E-state index contributed by atoms with van der Waals surface area (Å²) in [5, 5.41) is 2.15. The molecule has 2 saturated heterocycles. The Kier molecular flexibility index (Phi) is 7.93. The number of aryl methyl sites for hydroxylation is 1. The third-order valence-electron chi connectivity index (χ3n) is 8.51. The van der Waals surface area contributed by atoms with Crippen LogP contribution >= 0.6 is 0 Å². The SMILES string of the molecule is Cc1cc2cc3c(cc2cc1OCCCCCN1CCN(Cc2ccccc2)CC1)N=C[C@@H]1CCCN1C3=O. The lowest BCUT2D eigenvalue weighted by molar-refractivity contribution is 0.0775. The van der Waals surface area contributed by atoms with E-state index in [1.807, 2.05) is 23.2 Å². The molecule has 3 heterocycles. The van der Waals surface area contributed by atoms with Gasteiger partial charge in [0.05, 0.1) is 23.9 Å². The molecule has 0 unspecified atom stereocenters. The van der Waals surface area contributed by atoms with Gasteiger partial charge in [-0.2, -0.15) is 0 Å². The smallest absolute Gasteiger partial charge is 0.256 e. The van der Waals surface area contributed by atoms with Crippen LogP contribution in [0.5, 0.6) is 5.75 Å². The van der Waals surface area contributed by atoms with Crippen molar-refractivity contribution in [2.75, 3.05) is 45.9 Å². The minimum absolute atomic E-state index is 0.110. The van der Waals surface area contributed by atoms with Gasteiger partial charge in [0.2, 0.25) is 0 Å². The second-order valence-electron chi connectivity index (χ2n) is 11.3. The summed E-state index contributed by atoms with van der Waals surface area (Å²) in [5.41, 5.74) is 4.01. The van der Waals surface area contributed by atoms with Crippen LogP contribution in [0.4, 0.5) is 5.69 Å². The van der Waals surface area contributed by atoms with E-state index in [4.69, 9.17) is 9.73 Å². The van der Waals surface area contributed by atoms with E-state index in [9.17, 15) is 4.79 Å². The molecular weight excluding hydrogens is 484 g/mol. The molecule has 3 aromatic rings. The fourth-order valence-electron chi connectivity index (χ4n) is 6.19. The molecule has 0 bridgehead atoms. The van der Waals surface area contributed by atoms with Gasteiger partial charge < -0.3 is 14.5 Å². The van der Waals surface area contributed by atoms with Crippen molar-refractivity contribution < 1.29 is 9.53 Å². The van der Waals surface area contributed by atoms with Crippen LogP contribution in [0, 0.1) is 6.92 Å². The second kappa shape index (κ2) is 11.9. The van der Waals surface area contributed by atoms with Crippen LogP contribution in [-0.4, -0.2) is 78.7 Å². The Morgan fingerprint density at radius 2 is 1.69 bits per heavy atom. The molecular formula is C33H40N4O2. The van der Waals surface area contributed by atoms with E-state index < -0.39 is 0 Å². The number of carbonyl (C=O) groups is 1. The van der Waals surface area contributed by atoms with Gasteiger partial charge in [0.15, 0.2) is 0 Å². The highest BCUT2D eigenvalue weighted by Crippen LogP contribution is 2.34. The molecule has 0 aromatic heterocycles. The molecule has 1 atom stereocenters. The molecule has 6 rings (SSSR count). The van der Waals surface area contributed by atoms with E-state index in [2.05, 4.69) is 59.2 Å². The van der Waals surface area contributed by atoms with E-state index >= 15 is 0 Å². The van der Waals surface area contributed by atoms with Crippen molar-refractivity contribution >= 4 is 28.6 Å². The topological polar surface area (TPSA) is 48.4 Å². The van der Waals surface area contributed by atoms with Crippen molar-refractivity contribution in [2.24, 2.45) is 4.99 Å². The predicted octanol–water partition coefficient (Wildman–Crippen LogP) is 5.84. The van der Waals surface area contributed by atoms with Gasteiger partial charge in [0.25, 0.3) is 5.91 Å². The Balaban J connectivity index is 0.961. The number of unbranched alkanes of at least 4 members (excludes halogenated alkanes) is 2. The van der Waals surface area contributed by atoms with Crippen molar-refractivity contribution in [1.29, 1.82) is 0 Å². The molecule has 2 fully saturated rings. The van der Waals surface area contributed by atoms with Gasteiger partial charge >= 0.3 is 0 Å². The maximum atomic E-state index is 13.1. The van der Waals surface area contributed by atoms with Gasteiger partial charge in [-0.3, -0.25) is 14.7 Å². The zero-order valence-corrected chi connectivity index (χ0v) is 23.1. The Labute approximate surface area is 232 Å². The molecule has 1 amide bonds. The minimum Gasteiger partial charge on any atom is -0.493 e. The predicted molar refractivity (Wildman–Crippen MR) is 158 cm³/mol. The van der Waals surface area contributed by atoms with Crippen LogP contribution < -0.4 is 4.74 Å². The Bertz CT molecular complexity index is 1330. The molecule has 6 nitrogen and oxygen atoms in total. The van der Waals surface area contributed by atoms with Gasteiger partial charge in [0, 0.05) is 45.5 Å². The zero-order chi connectivity index (χ0) is 26.6. The van der Waals surface area contributed by atoms with Gasteiger partial charge in [-0.25, -0.2) is 0 Å². The Morgan fingerprint density at radius 3 is 2.54 bits per heavy atom. The highest BCUT2D eigenvalue weighted by atomic mass is 16.5. The molecule has 204 valence electrons. The van der Waals surface area contributed by atoms with Crippen molar-refractivity contribution in [3.63, 3.8) is 0 Å². The summed E-state index contributed by atoms with van der Waals surface area (Å²) in [6, 6.07) is 19.3. The number of piperazine rings is 1. The average Bonchev–Trinajstić information content (AvgIpc) is 3.39. The molecule has 6 heteroatoms. The number of fused-ring (bicyclic) bond motifs is 3. The number of hydrogen-bond donors (Lipinski definition) is 0. The lowest BCUT2D eigenvalue weighted by Crippen LogP contribution is -2.46. The first-order valence-corrected chi connectivity index (χ1v) is 14.7. The largest absolute Gasteiger partial charge is 0.493 e. The zero-order valence-electron chi connectivity index (χ0n) is 23.1. The molecule has 0 spiro atoms. The molecule has 3 aliphatic heterocycles. The van der Waals surface area contributed by atoms with E-state index in [0.29, 0.717) is 5.56 Å². The van der Waals surface area contributed by atoms with Gasteiger partial charge in [-0.15, -0.1) is 0 Å². The quantitative estimate of drug-likeness (QED) is 0.330. The number of carbonyl (C=O) groups excluding carboxylic acids is 1. The first-order chi connectivity index (χ1) is 19.1. The molecule has 0 N–H and O–H groups in total. The third-order valence-corrected chi connectivity index (χ3v) is 8.51. The minimum atomic E-state index is 0.110. The van der Waals surface area contributed by atoms with Crippen molar-refractivity contribution in [1.82, 2.24) is 14.7 Å². The molecule has 0 aliphatic carbocycles. The first kappa shape index (κ1) is 26.0. The summed E-state index contributed by atoms with van der Waals surface area (Å²) in [4.78, 5) is 25.0. The lowest BCUT2D eigenvalue weighted by Gasteiger charge is -2.34. The second-order valence-corrected chi connectivity index (χ2v) is 11.3. The molecule has 0 radical (unpaired) electrons. The number of hydrogen-bond acceptors (Lipinski definition) is 5. The summed E-state index contributed by atoms with van der Waals surface area (Å²) in [5.74, 6) is 1.04. The number of amides is 1. The normalized spacial score (nSPS) is 19.8. The fourth-order valence-corrected chi connectivity index (χ4v) is 6.19. The van der Waals surface area contributed by atoms with Crippen molar-refractivity contribution in [3.8, 4) is 5.75 Å².